The Hall–Kier alpha value is -0.460. The molecule has 0 aromatic carbocycles. The summed E-state index contributed by atoms with van der Waals surface area (Å²) >= 11 is 0. The summed E-state index contributed by atoms with van der Waals surface area (Å²) < 4.78 is 5.10. The molecule has 0 N–H and O–H groups in total. The topological polar surface area (TPSA) is 9.23 Å². The van der Waals surface area contributed by atoms with Gasteiger partial charge >= 0.3 is 0 Å². The van der Waals surface area contributed by atoms with Crippen molar-refractivity contribution in [3.05, 3.63) is 19.3 Å². The average molecular weight is 113 g/mol. The third-order valence-electron chi connectivity index (χ3n) is 0.853. The molecule has 8 heavy (non-hydrogen) atoms. The van der Waals surface area contributed by atoms with Crippen molar-refractivity contribution in [2.75, 3.05) is 0 Å². The lowest BCUT2D eigenvalue weighted by atomic mass is 10.3. The molecule has 0 aliphatic heterocycles. The van der Waals surface area contributed by atoms with Gasteiger partial charge in [-0.15, -0.1) is 0 Å². The highest BCUT2D eigenvalue weighted by molar-refractivity contribution is 4.67. The van der Waals surface area contributed by atoms with Crippen LogP contribution in [0.25, 0.3) is 0 Å². The van der Waals surface area contributed by atoms with E-state index < -0.39 is 0 Å². The van der Waals surface area contributed by atoms with E-state index in [1.807, 2.05) is 19.9 Å². The largest absolute Gasteiger partial charge is 0.499 e. The van der Waals surface area contributed by atoms with Gasteiger partial charge in [-0.25, -0.2) is 0 Å². The van der Waals surface area contributed by atoms with E-state index in [2.05, 4.69) is 6.92 Å². The molecule has 1 radical (unpaired) electrons. The van der Waals surface area contributed by atoms with Crippen molar-refractivity contribution in [2.45, 2.75) is 26.4 Å². The first-order valence-electron chi connectivity index (χ1n) is 2.87. The van der Waals surface area contributed by atoms with E-state index in [1.54, 1.807) is 6.26 Å². The van der Waals surface area contributed by atoms with Gasteiger partial charge in [-0.05, 0) is 27.2 Å². The molecule has 0 spiro atoms. The van der Waals surface area contributed by atoms with Gasteiger partial charge in [0.25, 0.3) is 0 Å². The molecule has 47 valence electrons. The normalized spacial score (nSPS) is 14.4. The summed E-state index contributed by atoms with van der Waals surface area (Å²) in [6, 6.07) is 0. The van der Waals surface area contributed by atoms with Crippen molar-refractivity contribution >= 4 is 0 Å². The monoisotopic (exact) mass is 113 g/mol. The highest BCUT2D eigenvalue weighted by atomic mass is 16.5. The van der Waals surface area contributed by atoms with Crippen molar-refractivity contribution < 1.29 is 4.74 Å². The molecule has 1 nitrogen and oxygen atoms in total. The number of hydrogen-bond acceptors (Lipinski definition) is 1. The predicted octanol–water partition coefficient (Wildman–Crippen LogP) is 2.15. The van der Waals surface area contributed by atoms with Crippen molar-refractivity contribution in [1.82, 2.24) is 0 Å². The predicted molar refractivity (Wildman–Crippen MR) is 35.3 cm³/mol. The van der Waals surface area contributed by atoms with Crippen LogP contribution in [0.3, 0.4) is 0 Å². The first kappa shape index (κ1) is 7.54. The molecule has 0 fully saturated rings. The molecule has 1 unspecified atom stereocenters. The molecular weight excluding hydrogens is 100 g/mol. The quantitative estimate of drug-likeness (QED) is 0.509. The van der Waals surface area contributed by atoms with Gasteiger partial charge in [-0.1, -0.05) is 6.08 Å². The van der Waals surface area contributed by atoms with E-state index in [-0.39, 0.29) is 6.10 Å². The van der Waals surface area contributed by atoms with E-state index in [9.17, 15) is 0 Å². The van der Waals surface area contributed by atoms with Gasteiger partial charge in [-0.2, -0.15) is 0 Å². The Kier molecular flexibility index (Phi) is 4.42. The fraction of sp³-hybridized carbons (Fsp3) is 0.571. The van der Waals surface area contributed by atoms with Crippen LogP contribution in [-0.2, 0) is 4.74 Å². The van der Waals surface area contributed by atoms with Crippen LogP contribution in [-0.4, -0.2) is 6.10 Å². The lowest BCUT2D eigenvalue weighted by molar-refractivity contribution is 0.163. The lowest BCUT2D eigenvalue weighted by Crippen LogP contribution is -1.99. The Labute approximate surface area is 51.4 Å². The summed E-state index contributed by atoms with van der Waals surface area (Å²) in [7, 11) is 0. The summed E-state index contributed by atoms with van der Waals surface area (Å²) in [5.74, 6) is 0. The molecular formula is C7H13O. The zero-order chi connectivity index (χ0) is 6.41. The van der Waals surface area contributed by atoms with Gasteiger partial charge in [0.15, 0.2) is 0 Å². The minimum Gasteiger partial charge on any atom is -0.499 e. The Balaban J connectivity index is 3.10. The Bertz CT molecular complexity index is 66.8. The van der Waals surface area contributed by atoms with Crippen molar-refractivity contribution in [1.29, 1.82) is 0 Å². The number of ether oxygens (including phenoxy) is 1. The molecule has 1 heteroatoms. The van der Waals surface area contributed by atoms with Crippen LogP contribution in [0.15, 0.2) is 12.3 Å². The van der Waals surface area contributed by atoms with Gasteiger partial charge in [0.2, 0.25) is 0 Å². The lowest BCUT2D eigenvalue weighted by Gasteiger charge is -2.05. The number of hydrogen-bond donors (Lipinski definition) is 0. The second kappa shape index (κ2) is 4.69. The maximum Gasteiger partial charge on any atom is 0.0950 e. The minimum atomic E-state index is 0.256. The first-order valence-corrected chi connectivity index (χ1v) is 2.87. The molecule has 0 aromatic rings. The minimum absolute atomic E-state index is 0.256. The SMILES string of the molecule is [CH2]CC(C)OC=CC. The summed E-state index contributed by atoms with van der Waals surface area (Å²) in [4.78, 5) is 0. The van der Waals surface area contributed by atoms with Gasteiger partial charge < -0.3 is 4.74 Å². The third-order valence-corrected chi connectivity index (χ3v) is 0.853. The van der Waals surface area contributed by atoms with Crippen LogP contribution in [0, 0.1) is 6.92 Å². The summed E-state index contributed by atoms with van der Waals surface area (Å²) in [6.07, 6.45) is 4.64. The van der Waals surface area contributed by atoms with E-state index in [0.717, 1.165) is 6.42 Å². The highest BCUT2D eigenvalue weighted by Crippen LogP contribution is 1.94. The maximum absolute atomic E-state index is 5.10. The molecule has 0 aliphatic rings. The molecule has 1 atom stereocenters. The van der Waals surface area contributed by atoms with Crippen LogP contribution in [0.5, 0.6) is 0 Å². The van der Waals surface area contributed by atoms with Gasteiger partial charge in [0.1, 0.15) is 0 Å². The molecule has 0 saturated heterocycles. The summed E-state index contributed by atoms with van der Waals surface area (Å²) in [5.41, 5.74) is 0. The number of rotatable bonds is 3. The molecule has 0 rings (SSSR count). The van der Waals surface area contributed by atoms with Crippen LogP contribution < -0.4 is 0 Å². The molecule has 0 aromatic heterocycles. The number of allylic oxidation sites excluding steroid dienone is 1. The molecule has 0 saturated carbocycles. The highest BCUT2D eigenvalue weighted by Gasteiger charge is 1.91. The van der Waals surface area contributed by atoms with Gasteiger partial charge in [-0.3, -0.25) is 0 Å². The molecule has 0 heterocycles. The zero-order valence-corrected chi connectivity index (χ0v) is 5.55. The fourth-order valence-electron chi connectivity index (χ4n) is 0.281. The van der Waals surface area contributed by atoms with Crippen LogP contribution >= 0.6 is 0 Å². The Morgan fingerprint density at radius 2 is 2.38 bits per heavy atom. The van der Waals surface area contributed by atoms with Crippen LogP contribution in [0.1, 0.15) is 20.3 Å². The maximum atomic E-state index is 5.10. The Morgan fingerprint density at radius 1 is 1.75 bits per heavy atom. The van der Waals surface area contributed by atoms with E-state index >= 15 is 0 Å². The zero-order valence-electron chi connectivity index (χ0n) is 5.55. The van der Waals surface area contributed by atoms with Crippen LogP contribution in [0.4, 0.5) is 0 Å². The van der Waals surface area contributed by atoms with E-state index in [1.165, 1.54) is 0 Å². The van der Waals surface area contributed by atoms with Crippen molar-refractivity contribution in [3.8, 4) is 0 Å². The standard InChI is InChI=1S/C7H13O/c1-4-6-8-7(3)5-2/h4,6-7H,2,5H2,1,3H3. The summed E-state index contributed by atoms with van der Waals surface area (Å²) in [5, 5.41) is 0. The summed E-state index contributed by atoms with van der Waals surface area (Å²) in [6.45, 7) is 7.60. The third kappa shape index (κ3) is 3.72. The van der Waals surface area contributed by atoms with Gasteiger partial charge in [0, 0.05) is 0 Å². The second-order valence-corrected chi connectivity index (χ2v) is 1.70. The molecule has 0 amide bonds. The van der Waals surface area contributed by atoms with E-state index in [0.29, 0.717) is 0 Å². The van der Waals surface area contributed by atoms with Crippen LogP contribution in [0.2, 0.25) is 0 Å². The van der Waals surface area contributed by atoms with Gasteiger partial charge in [0.05, 0.1) is 12.4 Å². The molecule has 0 aliphatic carbocycles. The second-order valence-electron chi connectivity index (χ2n) is 1.70. The average Bonchev–Trinajstić information content (AvgIpc) is 1.83. The first-order chi connectivity index (χ1) is 3.81. The van der Waals surface area contributed by atoms with Crippen molar-refractivity contribution in [3.63, 3.8) is 0 Å². The Morgan fingerprint density at radius 3 is 2.75 bits per heavy atom. The fourth-order valence-corrected chi connectivity index (χ4v) is 0.281. The smallest absolute Gasteiger partial charge is 0.0950 e. The van der Waals surface area contributed by atoms with E-state index in [4.69, 9.17) is 4.74 Å². The molecule has 0 bridgehead atoms. The van der Waals surface area contributed by atoms with Crippen molar-refractivity contribution in [2.24, 2.45) is 0 Å².